The summed E-state index contributed by atoms with van der Waals surface area (Å²) in [5, 5.41) is 9.31. The van der Waals surface area contributed by atoms with Gasteiger partial charge in [-0.25, -0.2) is 0 Å². The first kappa shape index (κ1) is 27.7. The van der Waals surface area contributed by atoms with E-state index in [0.29, 0.717) is 0 Å². The van der Waals surface area contributed by atoms with Crippen molar-refractivity contribution in [2.45, 2.75) is 0 Å². The fourth-order valence-electron chi connectivity index (χ4n) is 8.85. The Hall–Kier alpha value is -7.04. The fourth-order valence-corrected chi connectivity index (χ4v) is 8.85. The van der Waals surface area contributed by atoms with Crippen LogP contribution in [0.5, 0.6) is 0 Å². The van der Waals surface area contributed by atoms with Gasteiger partial charge in [0.15, 0.2) is 0 Å². The van der Waals surface area contributed by atoms with Gasteiger partial charge in [0.1, 0.15) is 22.3 Å². The predicted octanol–water partition coefficient (Wildman–Crippen LogP) is 13.3. The highest BCUT2D eigenvalue weighted by Gasteiger charge is 2.25. The second-order valence-electron chi connectivity index (χ2n) is 13.6. The van der Waals surface area contributed by atoms with Crippen LogP contribution in [-0.4, -0.2) is 9.13 Å². The number of hydrogen-bond donors (Lipinski definition) is 0. The average molecular weight is 665 g/mol. The fraction of sp³-hybridized carbons (Fsp3) is 0. The number of furan rings is 2. The molecule has 12 aromatic rings. The van der Waals surface area contributed by atoms with Crippen molar-refractivity contribution in [2.24, 2.45) is 0 Å². The maximum Gasteiger partial charge on any atom is 0.143 e. The molecule has 0 aliphatic carbocycles. The molecule has 4 heterocycles. The van der Waals surface area contributed by atoms with Crippen molar-refractivity contribution < 1.29 is 8.83 Å². The highest BCUT2D eigenvalue weighted by atomic mass is 16.3. The number of hydrogen-bond acceptors (Lipinski definition) is 2. The second-order valence-corrected chi connectivity index (χ2v) is 13.6. The average Bonchev–Trinajstić information content (AvgIpc) is 3.95. The zero-order valence-electron chi connectivity index (χ0n) is 27.9. The zero-order chi connectivity index (χ0) is 33.9. The standard InChI is InChI=1S/C48H28N2O2/c1-2-13-29(14-3-1)49-36-21-7-4-16-34(36)46-39(49)27-28-40-47(46)45-31(33-20-10-19-32-30-15-5-8-24-41(30)52-48(32)33)18-11-22-38(45)50(40)37-23-12-26-43-44(37)35-17-6-9-25-42(35)51-43/h1-28H. The highest BCUT2D eigenvalue weighted by molar-refractivity contribution is 6.32. The van der Waals surface area contributed by atoms with Crippen molar-refractivity contribution >= 4 is 87.5 Å². The monoisotopic (exact) mass is 664 g/mol. The van der Waals surface area contributed by atoms with E-state index in [1.54, 1.807) is 0 Å². The molecule has 0 saturated carbocycles. The first-order chi connectivity index (χ1) is 25.8. The van der Waals surface area contributed by atoms with E-state index < -0.39 is 0 Å². The van der Waals surface area contributed by atoms with Gasteiger partial charge in [-0.05, 0) is 66.2 Å². The Morgan fingerprint density at radius 3 is 1.77 bits per heavy atom. The summed E-state index contributed by atoms with van der Waals surface area (Å²) in [7, 11) is 0. The van der Waals surface area contributed by atoms with Gasteiger partial charge in [-0.3, -0.25) is 0 Å². The van der Waals surface area contributed by atoms with E-state index in [9.17, 15) is 0 Å². The Labute approximate surface area is 296 Å². The van der Waals surface area contributed by atoms with Crippen LogP contribution in [0.15, 0.2) is 179 Å². The van der Waals surface area contributed by atoms with E-state index in [-0.39, 0.29) is 0 Å². The third kappa shape index (κ3) is 3.60. The number of benzene rings is 8. The summed E-state index contributed by atoms with van der Waals surface area (Å²) in [4.78, 5) is 0. The second kappa shape index (κ2) is 10.3. The molecule has 0 aliphatic heterocycles. The Kier molecular flexibility index (Phi) is 5.47. The van der Waals surface area contributed by atoms with Crippen LogP contribution in [0, 0.1) is 0 Å². The van der Waals surface area contributed by atoms with Gasteiger partial charge >= 0.3 is 0 Å². The van der Waals surface area contributed by atoms with E-state index in [4.69, 9.17) is 8.83 Å². The number of rotatable bonds is 3. The lowest BCUT2D eigenvalue weighted by Gasteiger charge is -2.11. The summed E-state index contributed by atoms with van der Waals surface area (Å²) in [6, 6.07) is 60.4. The molecule has 242 valence electrons. The van der Waals surface area contributed by atoms with Gasteiger partial charge in [-0.1, -0.05) is 109 Å². The molecule has 12 rings (SSSR count). The third-order valence-corrected chi connectivity index (χ3v) is 10.9. The molecule has 4 nitrogen and oxygen atoms in total. The minimum absolute atomic E-state index is 0.874. The summed E-state index contributed by atoms with van der Waals surface area (Å²) in [5.74, 6) is 0. The highest BCUT2D eigenvalue weighted by Crippen LogP contribution is 2.48. The molecule has 0 bridgehead atoms. The molecule has 8 aromatic carbocycles. The first-order valence-electron chi connectivity index (χ1n) is 17.7. The minimum atomic E-state index is 0.874. The van der Waals surface area contributed by atoms with E-state index in [2.05, 4.69) is 167 Å². The van der Waals surface area contributed by atoms with E-state index >= 15 is 0 Å². The molecule has 0 saturated heterocycles. The zero-order valence-corrected chi connectivity index (χ0v) is 27.9. The van der Waals surface area contributed by atoms with Crippen LogP contribution in [0.3, 0.4) is 0 Å². The topological polar surface area (TPSA) is 36.1 Å². The molecule has 0 spiro atoms. The molecule has 0 atom stereocenters. The summed E-state index contributed by atoms with van der Waals surface area (Å²) < 4.78 is 18.0. The normalized spacial score (nSPS) is 12.2. The molecule has 0 N–H and O–H groups in total. The Morgan fingerprint density at radius 1 is 0.308 bits per heavy atom. The maximum absolute atomic E-state index is 6.68. The summed E-state index contributed by atoms with van der Waals surface area (Å²) in [5.41, 5.74) is 12.6. The van der Waals surface area contributed by atoms with Crippen LogP contribution < -0.4 is 0 Å². The Morgan fingerprint density at radius 2 is 0.904 bits per heavy atom. The van der Waals surface area contributed by atoms with Crippen LogP contribution in [0.2, 0.25) is 0 Å². The van der Waals surface area contributed by atoms with Gasteiger partial charge in [-0.15, -0.1) is 0 Å². The molecule has 4 heteroatoms. The van der Waals surface area contributed by atoms with Crippen molar-refractivity contribution in [3.8, 4) is 22.5 Å². The van der Waals surface area contributed by atoms with Crippen LogP contribution in [0.25, 0.3) is 110 Å². The SMILES string of the molecule is c1ccc(-n2c3ccccc3c3c4c5c(-c6cccc7c6oc6ccccc67)cccc5n(-c5cccc6oc7ccccc7c56)c4ccc32)cc1. The molecule has 0 aliphatic rings. The maximum atomic E-state index is 6.68. The summed E-state index contributed by atoms with van der Waals surface area (Å²) in [6.45, 7) is 0. The third-order valence-electron chi connectivity index (χ3n) is 10.9. The van der Waals surface area contributed by atoms with Crippen LogP contribution in [-0.2, 0) is 0 Å². The van der Waals surface area contributed by atoms with Gasteiger partial charge in [-0.2, -0.15) is 0 Å². The molecular weight excluding hydrogens is 637 g/mol. The Balaban J connectivity index is 1.32. The van der Waals surface area contributed by atoms with Crippen molar-refractivity contribution in [3.63, 3.8) is 0 Å². The lowest BCUT2D eigenvalue weighted by molar-refractivity contribution is 0.668. The smallest absolute Gasteiger partial charge is 0.143 e. The summed E-state index contributed by atoms with van der Waals surface area (Å²) >= 11 is 0. The number of aromatic nitrogens is 2. The lowest BCUT2D eigenvalue weighted by atomic mass is 9.96. The Bertz CT molecular complexity index is 3410. The van der Waals surface area contributed by atoms with Crippen molar-refractivity contribution in [1.82, 2.24) is 9.13 Å². The van der Waals surface area contributed by atoms with Gasteiger partial charge < -0.3 is 18.0 Å². The van der Waals surface area contributed by atoms with E-state index in [1.807, 2.05) is 12.1 Å². The first-order valence-corrected chi connectivity index (χ1v) is 17.7. The molecular formula is C48H28N2O2. The largest absolute Gasteiger partial charge is 0.456 e. The van der Waals surface area contributed by atoms with Crippen LogP contribution in [0.1, 0.15) is 0 Å². The van der Waals surface area contributed by atoms with E-state index in [0.717, 1.165) is 77.4 Å². The quantitative estimate of drug-likeness (QED) is 0.188. The minimum Gasteiger partial charge on any atom is -0.456 e. The van der Waals surface area contributed by atoms with Crippen molar-refractivity contribution in [3.05, 3.63) is 170 Å². The lowest BCUT2D eigenvalue weighted by Crippen LogP contribution is -1.95. The number of fused-ring (bicyclic) bond motifs is 13. The predicted molar refractivity (Wildman–Crippen MR) is 215 cm³/mol. The van der Waals surface area contributed by atoms with Gasteiger partial charge in [0.25, 0.3) is 0 Å². The van der Waals surface area contributed by atoms with Crippen LogP contribution >= 0.6 is 0 Å². The molecule has 4 aromatic heterocycles. The molecule has 0 fully saturated rings. The van der Waals surface area contributed by atoms with Crippen LogP contribution in [0.4, 0.5) is 0 Å². The van der Waals surface area contributed by atoms with Gasteiger partial charge in [0.05, 0.1) is 33.1 Å². The number of nitrogens with zero attached hydrogens (tertiary/aromatic N) is 2. The summed E-state index contributed by atoms with van der Waals surface area (Å²) in [6.07, 6.45) is 0. The number of para-hydroxylation sites is 5. The molecule has 52 heavy (non-hydrogen) atoms. The van der Waals surface area contributed by atoms with Crippen molar-refractivity contribution in [2.75, 3.05) is 0 Å². The molecule has 0 radical (unpaired) electrons. The van der Waals surface area contributed by atoms with Crippen molar-refractivity contribution in [1.29, 1.82) is 0 Å². The molecule has 0 unspecified atom stereocenters. The molecule has 0 amide bonds. The van der Waals surface area contributed by atoms with E-state index in [1.165, 1.54) is 32.6 Å². The van der Waals surface area contributed by atoms with Gasteiger partial charge in [0.2, 0.25) is 0 Å². The van der Waals surface area contributed by atoms with Gasteiger partial charge in [0, 0.05) is 49.0 Å².